The van der Waals surface area contributed by atoms with E-state index in [1.165, 1.54) is 0 Å². The van der Waals surface area contributed by atoms with Crippen LogP contribution in [0.1, 0.15) is 27.3 Å². The van der Waals surface area contributed by atoms with Crippen molar-refractivity contribution in [1.82, 2.24) is 14.3 Å². The van der Waals surface area contributed by atoms with Crippen LogP contribution >= 0.6 is 15.9 Å². The van der Waals surface area contributed by atoms with E-state index in [9.17, 15) is 9.90 Å². The first-order chi connectivity index (χ1) is 12.0. The van der Waals surface area contributed by atoms with Gasteiger partial charge in [0, 0.05) is 23.8 Å². The summed E-state index contributed by atoms with van der Waals surface area (Å²) in [6.07, 6.45) is 1.86. The van der Waals surface area contributed by atoms with Gasteiger partial charge in [0.05, 0.1) is 12.3 Å². The first kappa shape index (κ1) is 17.6. The zero-order valence-corrected chi connectivity index (χ0v) is 15.8. The van der Waals surface area contributed by atoms with Crippen molar-refractivity contribution in [1.29, 1.82) is 0 Å². The minimum atomic E-state index is -0.139. The van der Waals surface area contributed by atoms with E-state index in [2.05, 4.69) is 20.9 Å². The number of carbonyl (C=O) groups is 1. The third-order valence-electron chi connectivity index (χ3n) is 4.12. The Bertz CT molecular complexity index is 906. The van der Waals surface area contributed by atoms with Crippen molar-refractivity contribution >= 4 is 27.5 Å². The molecule has 0 bridgehead atoms. The number of aliphatic hydroxyl groups excluding tert-OH is 1. The van der Waals surface area contributed by atoms with Gasteiger partial charge in [0.15, 0.2) is 0 Å². The highest BCUT2D eigenvalue weighted by atomic mass is 79.9. The Morgan fingerprint density at radius 2 is 2.00 bits per heavy atom. The standard InChI is InChI=1S/C19H20BrN3O2/c1-13-10-16(20)12-23-17(14(2)21-18(13)23)19(25)22(8-9-24)11-15-6-4-3-5-7-15/h3-7,10,12,24H,8-9,11H2,1-2H3. The van der Waals surface area contributed by atoms with Crippen LogP contribution in [0.5, 0.6) is 0 Å². The molecule has 2 aromatic heterocycles. The Morgan fingerprint density at radius 1 is 1.28 bits per heavy atom. The monoisotopic (exact) mass is 401 g/mol. The van der Waals surface area contributed by atoms with Crippen LogP contribution in [0.2, 0.25) is 0 Å². The van der Waals surface area contributed by atoms with Crippen LogP contribution in [0.15, 0.2) is 47.1 Å². The van der Waals surface area contributed by atoms with Gasteiger partial charge in [-0.15, -0.1) is 0 Å². The smallest absolute Gasteiger partial charge is 0.273 e. The molecule has 130 valence electrons. The van der Waals surface area contributed by atoms with E-state index in [-0.39, 0.29) is 19.1 Å². The number of aryl methyl sites for hydroxylation is 2. The molecule has 1 amide bonds. The predicted octanol–water partition coefficient (Wildman–Crippen LogP) is 3.35. The van der Waals surface area contributed by atoms with E-state index in [1.807, 2.05) is 60.8 Å². The number of imidazole rings is 1. The Morgan fingerprint density at radius 3 is 2.68 bits per heavy atom. The molecule has 3 rings (SSSR count). The number of halogens is 1. The molecule has 0 saturated carbocycles. The number of rotatable bonds is 5. The molecular weight excluding hydrogens is 382 g/mol. The lowest BCUT2D eigenvalue weighted by atomic mass is 10.2. The summed E-state index contributed by atoms with van der Waals surface area (Å²) in [4.78, 5) is 19.4. The molecule has 0 aliphatic carbocycles. The fourth-order valence-electron chi connectivity index (χ4n) is 2.97. The summed E-state index contributed by atoms with van der Waals surface area (Å²) in [5.74, 6) is -0.139. The number of hydrogen-bond donors (Lipinski definition) is 1. The van der Waals surface area contributed by atoms with Gasteiger partial charge in [-0.2, -0.15) is 0 Å². The minimum absolute atomic E-state index is 0.0862. The number of hydrogen-bond acceptors (Lipinski definition) is 3. The van der Waals surface area contributed by atoms with Crippen molar-refractivity contribution in [3.05, 3.63) is 69.6 Å². The van der Waals surface area contributed by atoms with Crippen LogP contribution < -0.4 is 0 Å². The van der Waals surface area contributed by atoms with E-state index in [0.717, 1.165) is 21.2 Å². The third kappa shape index (κ3) is 3.60. The maximum atomic E-state index is 13.2. The first-order valence-corrected chi connectivity index (χ1v) is 8.89. The normalized spacial score (nSPS) is 11.0. The van der Waals surface area contributed by atoms with Crippen molar-refractivity contribution in [2.45, 2.75) is 20.4 Å². The predicted molar refractivity (Wildman–Crippen MR) is 101 cm³/mol. The molecule has 5 nitrogen and oxygen atoms in total. The second-order valence-corrected chi connectivity index (χ2v) is 6.93. The molecule has 0 aliphatic heterocycles. The van der Waals surface area contributed by atoms with Gasteiger partial charge in [0.2, 0.25) is 0 Å². The Kier molecular flexibility index (Phi) is 5.20. The molecule has 0 atom stereocenters. The van der Waals surface area contributed by atoms with Crippen LogP contribution in [0.3, 0.4) is 0 Å². The molecule has 6 heteroatoms. The molecule has 3 aromatic rings. The zero-order valence-electron chi connectivity index (χ0n) is 14.2. The number of aromatic nitrogens is 2. The Hall–Kier alpha value is -2.18. The summed E-state index contributed by atoms with van der Waals surface area (Å²) in [6, 6.07) is 11.7. The van der Waals surface area contributed by atoms with Crippen molar-refractivity contribution < 1.29 is 9.90 Å². The van der Waals surface area contributed by atoms with E-state index in [1.54, 1.807) is 4.90 Å². The molecule has 2 heterocycles. The lowest BCUT2D eigenvalue weighted by molar-refractivity contribution is 0.0700. The lowest BCUT2D eigenvalue weighted by Gasteiger charge is -2.22. The van der Waals surface area contributed by atoms with E-state index in [4.69, 9.17) is 0 Å². The van der Waals surface area contributed by atoms with Crippen LogP contribution in [0.4, 0.5) is 0 Å². The van der Waals surface area contributed by atoms with E-state index >= 15 is 0 Å². The van der Waals surface area contributed by atoms with Gasteiger partial charge in [0.25, 0.3) is 5.91 Å². The van der Waals surface area contributed by atoms with E-state index in [0.29, 0.717) is 17.9 Å². The second kappa shape index (κ2) is 7.37. The van der Waals surface area contributed by atoms with Gasteiger partial charge in [-0.3, -0.25) is 9.20 Å². The average Bonchev–Trinajstić information content (AvgIpc) is 2.91. The minimum Gasteiger partial charge on any atom is -0.395 e. The molecule has 0 radical (unpaired) electrons. The summed E-state index contributed by atoms with van der Waals surface area (Å²) < 4.78 is 2.72. The first-order valence-electron chi connectivity index (χ1n) is 8.10. The van der Waals surface area contributed by atoms with Crippen molar-refractivity contribution in [2.24, 2.45) is 0 Å². The number of fused-ring (bicyclic) bond motifs is 1. The average molecular weight is 402 g/mol. The maximum Gasteiger partial charge on any atom is 0.273 e. The Labute approximate surface area is 155 Å². The summed E-state index contributed by atoms with van der Waals surface area (Å²) in [7, 11) is 0. The molecular formula is C19H20BrN3O2. The molecule has 0 saturated heterocycles. The van der Waals surface area contributed by atoms with Crippen molar-refractivity contribution in [3.63, 3.8) is 0 Å². The second-order valence-electron chi connectivity index (χ2n) is 6.02. The van der Waals surface area contributed by atoms with Crippen LogP contribution in [-0.4, -0.2) is 38.4 Å². The topological polar surface area (TPSA) is 57.8 Å². The Balaban J connectivity index is 2.02. The summed E-state index contributed by atoms with van der Waals surface area (Å²) in [6.45, 7) is 4.44. The molecule has 25 heavy (non-hydrogen) atoms. The fourth-order valence-corrected chi connectivity index (χ4v) is 3.51. The number of nitrogens with zero attached hydrogens (tertiary/aromatic N) is 3. The largest absolute Gasteiger partial charge is 0.395 e. The van der Waals surface area contributed by atoms with Gasteiger partial charge in [-0.1, -0.05) is 30.3 Å². The molecule has 0 spiro atoms. The van der Waals surface area contributed by atoms with Gasteiger partial charge in [0.1, 0.15) is 11.3 Å². The maximum absolute atomic E-state index is 13.2. The number of benzene rings is 1. The van der Waals surface area contributed by atoms with Crippen LogP contribution in [-0.2, 0) is 6.54 Å². The van der Waals surface area contributed by atoms with Gasteiger partial charge in [-0.05, 0) is 47.0 Å². The van der Waals surface area contributed by atoms with Gasteiger partial charge in [-0.25, -0.2) is 4.98 Å². The number of carbonyl (C=O) groups excluding carboxylic acids is 1. The number of pyridine rings is 1. The number of aliphatic hydroxyl groups is 1. The SMILES string of the molecule is Cc1nc2c(C)cc(Br)cn2c1C(=O)N(CCO)Cc1ccccc1. The van der Waals surface area contributed by atoms with Crippen molar-refractivity contribution in [2.75, 3.05) is 13.2 Å². The highest BCUT2D eigenvalue weighted by molar-refractivity contribution is 9.10. The molecule has 0 unspecified atom stereocenters. The van der Waals surface area contributed by atoms with Crippen LogP contribution in [0.25, 0.3) is 5.65 Å². The van der Waals surface area contributed by atoms with Crippen LogP contribution in [0, 0.1) is 13.8 Å². The van der Waals surface area contributed by atoms with Gasteiger partial charge < -0.3 is 10.0 Å². The quantitative estimate of drug-likeness (QED) is 0.712. The lowest BCUT2D eigenvalue weighted by Crippen LogP contribution is -2.34. The summed E-state index contributed by atoms with van der Waals surface area (Å²) >= 11 is 3.48. The van der Waals surface area contributed by atoms with Crippen molar-refractivity contribution in [3.8, 4) is 0 Å². The molecule has 1 N–H and O–H groups in total. The summed E-state index contributed by atoms with van der Waals surface area (Å²) in [5.41, 5.74) is 4.00. The third-order valence-corrected chi connectivity index (χ3v) is 4.55. The van der Waals surface area contributed by atoms with Gasteiger partial charge >= 0.3 is 0 Å². The highest BCUT2D eigenvalue weighted by Gasteiger charge is 2.23. The molecule has 1 aromatic carbocycles. The fraction of sp³-hybridized carbons (Fsp3) is 0.263. The molecule has 0 aliphatic rings. The molecule has 0 fully saturated rings. The van der Waals surface area contributed by atoms with E-state index < -0.39 is 0 Å². The zero-order chi connectivity index (χ0) is 18.0. The number of amides is 1. The highest BCUT2D eigenvalue weighted by Crippen LogP contribution is 2.22. The summed E-state index contributed by atoms with van der Waals surface area (Å²) in [5, 5.41) is 9.41.